The molecule has 0 atom stereocenters. The summed E-state index contributed by atoms with van der Waals surface area (Å²) in [6.45, 7) is 0. The van der Waals surface area contributed by atoms with Crippen molar-refractivity contribution in [2.45, 2.75) is 0 Å². The molecule has 0 saturated carbocycles. The van der Waals surface area contributed by atoms with Gasteiger partial charge >= 0.3 is 0 Å². The maximum atomic E-state index is 12.1. The molecule has 0 spiro atoms. The monoisotopic (exact) mass is 300 g/mol. The first-order valence-electron chi connectivity index (χ1n) is 5.95. The molecule has 7 heteroatoms. The number of nitriles is 1. The Morgan fingerprint density at radius 3 is 2.95 bits per heavy atom. The summed E-state index contributed by atoms with van der Waals surface area (Å²) in [7, 11) is 1.51. The highest BCUT2D eigenvalue weighted by Gasteiger charge is 2.11. The van der Waals surface area contributed by atoms with Crippen LogP contribution in [0.2, 0.25) is 0 Å². The second-order valence-electron chi connectivity index (χ2n) is 3.81. The summed E-state index contributed by atoms with van der Waals surface area (Å²) in [6, 6.07) is 8.82. The summed E-state index contributed by atoms with van der Waals surface area (Å²) in [6.07, 6.45) is 2.95. The van der Waals surface area contributed by atoms with E-state index in [1.54, 1.807) is 35.8 Å². The van der Waals surface area contributed by atoms with Crippen LogP contribution >= 0.6 is 11.3 Å². The van der Waals surface area contributed by atoms with Gasteiger partial charge in [0.1, 0.15) is 17.4 Å². The second-order valence-corrected chi connectivity index (χ2v) is 4.70. The van der Waals surface area contributed by atoms with E-state index in [-0.39, 0.29) is 5.57 Å². The number of para-hydroxylation sites is 2. The molecule has 0 saturated heterocycles. The zero-order valence-corrected chi connectivity index (χ0v) is 12.0. The van der Waals surface area contributed by atoms with Gasteiger partial charge in [-0.1, -0.05) is 12.1 Å². The molecule has 21 heavy (non-hydrogen) atoms. The first-order valence-corrected chi connectivity index (χ1v) is 6.83. The van der Waals surface area contributed by atoms with Gasteiger partial charge in [0.05, 0.1) is 12.8 Å². The maximum absolute atomic E-state index is 12.1. The van der Waals surface area contributed by atoms with E-state index in [0.717, 1.165) is 0 Å². The minimum Gasteiger partial charge on any atom is -0.495 e. The van der Waals surface area contributed by atoms with E-state index in [9.17, 15) is 4.79 Å². The fourth-order valence-electron chi connectivity index (χ4n) is 1.51. The lowest BCUT2D eigenvalue weighted by Crippen LogP contribution is -2.15. The molecule has 1 amide bonds. The number of thiazole rings is 1. The molecule has 2 aromatic rings. The first kappa shape index (κ1) is 14.6. The number of hydrogen-bond donors (Lipinski definition) is 2. The zero-order chi connectivity index (χ0) is 15.1. The number of hydrogen-bond acceptors (Lipinski definition) is 6. The van der Waals surface area contributed by atoms with Crippen molar-refractivity contribution in [2.75, 3.05) is 17.7 Å². The predicted octanol–water partition coefficient (Wildman–Crippen LogP) is 2.61. The van der Waals surface area contributed by atoms with Crippen LogP contribution in [0.3, 0.4) is 0 Å². The molecular weight excluding hydrogens is 288 g/mol. The Kier molecular flexibility index (Phi) is 4.90. The molecule has 1 aromatic carbocycles. The van der Waals surface area contributed by atoms with Gasteiger partial charge in [-0.2, -0.15) is 5.26 Å². The highest BCUT2D eigenvalue weighted by Crippen LogP contribution is 2.23. The predicted molar refractivity (Wildman–Crippen MR) is 81.1 cm³/mol. The summed E-state index contributed by atoms with van der Waals surface area (Å²) >= 11 is 1.37. The third-order valence-corrected chi connectivity index (χ3v) is 3.20. The van der Waals surface area contributed by atoms with Gasteiger partial charge in [-0.15, -0.1) is 11.3 Å². The lowest BCUT2D eigenvalue weighted by atomic mass is 10.2. The van der Waals surface area contributed by atoms with Crippen LogP contribution in [0, 0.1) is 11.3 Å². The van der Waals surface area contributed by atoms with Crippen LogP contribution < -0.4 is 15.4 Å². The van der Waals surface area contributed by atoms with Gasteiger partial charge < -0.3 is 15.4 Å². The standard InChI is InChI=1S/C14H12N4O2S/c1-20-12-5-3-2-4-11(12)18-13(19)10(8-15)9-17-14-16-6-7-21-14/h2-7,9H,1H3,(H,16,17)(H,18,19)/b10-9-. The number of amides is 1. The van der Waals surface area contributed by atoms with Crippen LogP contribution in [-0.4, -0.2) is 18.0 Å². The zero-order valence-electron chi connectivity index (χ0n) is 11.2. The molecule has 1 heterocycles. The number of carbonyl (C=O) groups excluding carboxylic acids is 1. The number of rotatable bonds is 5. The molecule has 106 valence electrons. The molecule has 0 fully saturated rings. The number of anilines is 2. The Hall–Kier alpha value is -2.85. The molecule has 0 radical (unpaired) electrons. The number of nitrogens with zero attached hydrogens (tertiary/aromatic N) is 2. The number of carbonyl (C=O) groups is 1. The number of methoxy groups -OCH3 is 1. The van der Waals surface area contributed by atoms with E-state index in [2.05, 4.69) is 15.6 Å². The number of ether oxygens (including phenoxy) is 1. The lowest BCUT2D eigenvalue weighted by Gasteiger charge is -2.09. The van der Waals surface area contributed by atoms with Crippen LogP contribution in [0.5, 0.6) is 5.75 Å². The Morgan fingerprint density at radius 2 is 2.29 bits per heavy atom. The molecule has 0 aliphatic carbocycles. The third kappa shape index (κ3) is 3.81. The molecule has 2 N–H and O–H groups in total. The fraction of sp³-hybridized carbons (Fsp3) is 0.0714. The van der Waals surface area contributed by atoms with E-state index in [4.69, 9.17) is 10.00 Å². The van der Waals surface area contributed by atoms with E-state index >= 15 is 0 Å². The second kappa shape index (κ2) is 7.07. The topological polar surface area (TPSA) is 87.0 Å². The molecule has 0 bridgehead atoms. The van der Waals surface area contributed by atoms with Crippen LogP contribution in [-0.2, 0) is 4.79 Å². The summed E-state index contributed by atoms with van der Waals surface area (Å²) in [4.78, 5) is 16.1. The van der Waals surface area contributed by atoms with Gasteiger partial charge in [0, 0.05) is 17.8 Å². The normalized spacial score (nSPS) is 10.6. The first-order chi connectivity index (χ1) is 10.2. The van der Waals surface area contributed by atoms with Crippen molar-refractivity contribution < 1.29 is 9.53 Å². The minimum atomic E-state index is -0.522. The number of aromatic nitrogens is 1. The molecule has 6 nitrogen and oxygen atoms in total. The largest absolute Gasteiger partial charge is 0.495 e. The van der Waals surface area contributed by atoms with Gasteiger partial charge in [0.25, 0.3) is 5.91 Å². The highest BCUT2D eigenvalue weighted by atomic mass is 32.1. The van der Waals surface area contributed by atoms with Gasteiger partial charge in [-0.05, 0) is 12.1 Å². The molecule has 2 rings (SSSR count). The summed E-state index contributed by atoms with van der Waals surface area (Å²) in [5.74, 6) is 0.00192. The van der Waals surface area contributed by atoms with Gasteiger partial charge in [0.2, 0.25) is 0 Å². The van der Waals surface area contributed by atoms with E-state index in [1.165, 1.54) is 24.6 Å². The Labute approximate surface area is 125 Å². The van der Waals surface area contributed by atoms with Crippen LogP contribution in [0.15, 0.2) is 47.6 Å². The average molecular weight is 300 g/mol. The molecule has 0 aliphatic heterocycles. The van der Waals surface area contributed by atoms with Crippen molar-refractivity contribution in [3.05, 3.63) is 47.6 Å². The van der Waals surface area contributed by atoms with E-state index in [1.807, 2.05) is 6.07 Å². The van der Waals surface area contributed by atoms with Gasteiger partial charge in [-0.25, -0.2) is 4.98 Å². The SMILES string of the molecule is COc1ccccc1NC(=O)/C(C#N)=C\Nc1nccs1. The molecular formula is C14H12N4O2S. The van der Waals surface area contributed by atoms with E-state index < -0.39 is 5.91 Å². The van der Waals surface area contributed by atoms with Crippen LogP contribution in [0.1, 0.15) is 0 Å². The fourth-order valence-corrected chi connectivity index (χ4v) is 2.01. The molecule has 0 unspecified atom stereocenters. The summed E-state index contributed by atoms with van der Waals surface area (Å²) < 4.78 is 5.14. The number of benzene rings is 1. The van der Waals surface area contributed by atoms with Crippen molar-refractivity contribution in [1.82, 2.24) is 4.98 Å². The van der Waals surface area contributed by atoms with Crippen molar-refractivity contribution >= 4 is 28.1 Å². The van der Waals surface area contributed by atoms with Crippen molar-refractivity contribution in [3.8, 4) is 11.8 Å². The maximum Gasteiger partial charge on any atom is 0.267 e. The van der Waals surface area contributed by atoms with E-state index in [0.29, 0.717) is 16.6 Å². The molecule has 1 aromatic heterocycles. The number of nitrogens with one attached hydrogen (secondary N) is 2. The van der Waals surface area contributed by atoms with Crippen LogP contribution in [0.25, 0.3) is 0 Å². The van der Waals surface area contributed by atoms with Crippen molar-refractivity contribution in [2.24, 2.45) is 0 Å². The van der Waals surface area contributed by atoms with Crippen molar-refractivity contribution in [1.29, 1.82) is 5.26 Å². The van der Waals surface area contributed by atoms with Gasteiger partial charge in [0.15, 0.2) is 5.13 Å². The summed E-state index contributed by atoms with van der Waals surface area (Å²) in [5, 5.41) is 16.9. The minimum absolute atomic E-state index is 0.0592. The Bertz CT molecular complexity index is 689. The third-order valence-electron chi connectivity index (χ3n) is 2.49. The van der Waals surface area contributed by atoms with Crippen molar-refractivity contribution in [3.63, 3.8) is 0 Å². The lowest BCUT2D eigenvalue weighted by molar-refractivity contribution is -0.112. The quantitative estimate of drug-likeness (QED) is 0.654. The molecule has 0 aliphatic rings. The Morgan fingerprint density at radius 1 is 1.48 bits per heavy atom. The summed E-state index contributed by atoms with van der Waals surface area (Å²) in [5.41, 5.74) is 0.441. The Balaban J connectivity index is 2.10. The smallest absolute Gasteiger partial charge is 0.267 e. The average Bonchev–Trinajstić information content (AvgIpc) is 3.02. The highest BCUT2D eigenvalue weighted by molar-refractivity contribution is 7.13. The van der Waals surface area contributed by atoms with Gasteiger partial charge in [-0.3, -0.25) is 4.79 Å². The van der Waals surface area contributed by atoms with Crippen LogP contribution in [0.4, 0.5) is 10.8 Å².